The highest BCUT2D eigenvalue weighted by molar-refractivity contribution is 6.14. The zero-order chi connectivity index (χ0) is 17.1. The lowest BCUT2D eigenvalue weighted by atomic mass is 10.0. The number of carbonyl (C=O) groups excluding carboxylic acids is 2. The zero-order valence-corrected chi connectivity index (χ0v) is 13.4. The van der Waals surface area contributed by atoms with Crippen molar-refractivity contribution in [3.05, 3.63) is 60.3 Å². The molecule has 3 amide bonds. The summed E-state index contributed by atoms with van der Waals surface area (Å²) < 4.78 is 5.65. The summed E-state index contributed by atoms with van der Waals surface area (Å²) in [5.74, 6) is 0.447. The van der Waals surface area contributed by atoms with Gasteiger partial charge in [0.05, 0.1) is 6.61 Å². The monoisotopic (exact) mass is 322 g/mol. The van der Waals surface area contributed by atoms with Crippen LogP contribution in [0.1, 0.15) is 12.5 Å². The number of benzene rings is 2. The Morgan fingerprint density at radius 2 is 1.92 bits per heavy atom. The van der Waals surface area contributed by atoms with E-state index in [1.165, 1.54) is 6.08 Å². The minimum absolute atomic E-state index is 0.187. The third-order valence-electron chi connectivity index (χ3n) is 3.79. The number of hydrogen-bond donors (Lipinski definition) is 1. The molecule has 2 aromatic carbocycles. The van der Waals surface area contributed by atoms with Crippen LogP contribution >= 0.6 is 0 Å². The second kappa shape index (κ2) is 6.58. The Labute approximate surface area is 140 Å². The van der Waals surface area contributed by atoms with Gasteiger partial charge in [-0.3, -0.25) is 9.69 Å². The van der Waals surface area contributed by atoms with Crippen molar-refractivity contribution in [2.45, 2.75) is 6.92 Å². The fourth-order valence-electron chi connectivity index (χ4n) is 2.72. The van der Waals surface area contributed by atoms with E-state index in [9.17, 15) is 9.59 Å². The van der Waals surface area contributed by atoms with Gasteiger partial charge >= 0.3 is 6.03 Å². The van der Waals surface area contributed by atoms with E-state index in [0.29, 0.717) is 6.61 Å². The zero-order valence-electron chi connectivity index (χ0n) is 13.4. The molecule has 1 fully saturated rings. The summed E-state index contributed by atoms with van der Waals surface area (Å²) in [5, 5.41) is 4.54. The van der Waals surface area contributed by atoms with Crippen molar-refractivity contribution in [3.8, 4) is 5.75 Å². The van der Waals surface area contributed by atoms with Crippen LogP contribution in [-0.4, -0.2) is 30.0 Å². The molecule has 0 aromatic heterocycles. The standard InChI is InChI=1S/C19H18N2O3/c1-3-11-21-18(22)16(20-19(21)23)12-13-9-10-17(24-4-2)15-8-6-5-7-14(13)15/h3,5-10,12H,1,4,11H2,2H3,(H,20,23)/b16-12+. The molecule has 1 N–H and O–H groups in total. The van der Waals surface area contributed by atoms with Crippen LogP contribution in [0.15, 0.2) is 54.8 Å². The van der Waals surface area contributed by atoms with Gasteiger partial charge in [0, 0.05) is 11.9 Å². The number of nitrogens with one attached hydrogen (secondary N) is 1. The minimum Gasteiger partial charge on any atom is -0.493 e. The summed E-state index contributed by atoms with van der Waals surface area (Å²) in [5.41, 5.74) is 1.11. The predicted octanol–water partition coefficient (Wildman–Crippen LogP) is 3.32. The molecule has 0 unspecified atom stereocenters. The maximum atomic E-state index is 12.3. The lowest BCUT2D eigenvalue weighted by Gasteiger charge is -2.10. The Hall–Kier alpha value is -3.08. The van der Waals surface area contributed by atoms with Gasteiger partial charge in [0.15, 0.2) is 0 Å². The van der Waals surface area contributed by atoms with Crippen molar-refractivity contribution >= 4 is 28.8 Å². The highest BCUT2D eigenvalue weighted by Gasteiger charge is 2.32. The highest BCUT2D eigenvalue weighted by atomic mass is 16.5. The van der Waals surface area contributed by atoms with Gasteiger partial charge in [-0.25, -0.2) is 4.79 Å². The maximum Gasteiger partial charge on any atom is 0.329 e. The minimum atomic E-state index is -0.429. The van der Waals surface area contributed by atoms with Crippen LogP contribution in [0.5, 0.6) is 5.75 Å². The van der Waals surface area contributed by atoms with Crippen molar-refractivity contribution in [3.63, 3.8) is 0 Å². The van der Waals surface area contributed by atoms with E-state index in [1.807, 2.05) is 43.3 Å². The molecule has 3 rings (SSSR count). The van der Waals surface area contributed by atoms with Gasteiger partial charge < -0.3 is 10.1 Å². The first kappa shape index (κ1) is 15.8. The number of rotatable bonds is 5. The van der Waals surface area contributed by atoms with Crippen molar-refractivity contribution in [1.29, 1.82) is 0 Å². The van der Waals surface area contributed by atoms with E-state index in [-0.39, 0.29) is 18.1 Å². The van der Waals surface area contributed by atoms with Crippen molar-refractivity contribution in [1.82, 2.24) is 10.2 Å². The fourth-order valence-corrected chi connectivity index (χ4v) is 2.72. The molecule has 5 heteroatoms. The lowest BCUT2D eigenvalue weighted by Crippen LogP contribution is -2.30. The van der Waals surface area contributed by atoms with Crippen molar-refractivity contribution in [2.24, 2.45) is 0 Å². The number of ether oxygens (including phenoxy) is 1. The first-order chi connectivity index (χ1) is 11.7. The normalized spacial score (nSPS) is 15.9. The molecule has 1 heterocycles. The van der Waals surface area contributed by atoms with E-state index in [0.717, 1.165) is 27.0 Å². The molecule has 0 aliphatic carbocycles. The summed E-state index contributed by atoms with van der Waals surface area (Å²) in [4.78, 5) is 25.3. The van der Waals surface area contributed by atoms with Crippen LogP contribution in [0.25, 0.3) is 16.8 Å². The second-order valence-corrected chi connectivity index (χ2v) is 5.32. The number of hydrogen-bond acceptors (Lipinski definition) is 3. The van der Waals surface area contributed by atoms with Crippen LogP contribution in [0.2, 0.25) is 0 Å². The quantitative estimate of drug-likeness (QED) is 0.522. The van der Waals surface area contributed by atoms with Crippen LogP contribution in [0, 0.1) is 0 Å². The van der Waals surface area contributed by atoms with Crippen molar-refractivity contribution in [2.75, 3.05) is 13.2 Å². The largest absolute Gasteiger partial charge is 0.493 e. The Balaban J connectivity index is 2.05. The maximum absolute atomic E-state index is 12.3. The van der Waals surface area contributed by atoms with Gasteiger partial charge in [-0.1, -0.05) is 36.4 Å². The first-order valence-corrected chi connectivity index (χ1v) is 7.75. The molecule has 122 valence electrons. The molecule has 0 spiro atoms. The highest BCUT2D eigenvalue weighted by Crippen LogP contribution is 2.30. The number of carbonyl (C=O) groups is 2. The summed E-state index contributed by atoms with van der Waals surface area (Å²) in [6.45, 7) is 6.26. The van der Waals surface area contributed by atoms with Crippen molar-refractivity contribution < 1.29 is 14.3 Å². The third-order valence-corrected chi connectivity index (χ3v) is 3.79. The average Bonchev–Trinajstić information content (AvgIpc) is 2.85. The van der Waals surface area contributed by atoms with Crippen LogP contribution < -0.4 is 10.1 Å². The van der Waals surface area contributed by atoms with Gasteiger partial charge in [-0.15, -0.1) is 6.58 Å². The summed E-state index contributed by atoms with van der Waals surface area (Å²) >= 11 is 0. The Morgan fingerprint density at radius 3 is 2.62 bits per heavy atom. The Kier molecular flexibility index (Phi) is 4.33. The molecular formula is C19H18N2O3. The molecule has 5 nitrogen and oxygen atoms in total. The van der Waals surface area contributed by atoms with E-state index in [1.54, 1.807) is 6.08 Å². The average molecular weight is 322 g/mol. The number of urea groups is 1. The molecule has 0 bridgehead atoms. The molecular weight excluding hydrogens is 304 g/mol. The summed E-state index contributed by atoms with van der Waals surface area (Å²) in [7, 11) is 0. The molecule has 1 aliphatic heterocycles. The van der Waals surface area contributed by atoms with Gasteiger partial charge in [0.1, 0.15) is 11.4 Å². The van der Waals surface area contributed by atoms with Gasteiger partial charge in [-0.2, -0.15) is 0 Å². The first-order valence-electron chi connectivity index (χ1n) is 7.75. The number of amides is 3. The van der Waals surface area contributed by atoms with E-state index in [2.05, 4.69) is 11.9 Å². The SMILES string of the molecule is C=CCN1C(=O)N/C(=C/c2ccc(OCC)c3ccccc23)C1=O. The van der Waals surface area contributed by atoms with Crippen LogP contribution in [0.4, 0.5) is 4.79 Å². The smallest absolute Gasteiger partial charge is 0.329 e. The molecule has 24 heavy (non-hydrogen) atoms. The van der Waals surface area contributed by atoms with Gasteiger partial charge in [0.25, 0.3) is 5.91 Å². The summed E-state index contributed by atoms with van der Waals surface area (Å²) in [6.07, 6.45) is 3.22. The van der Waals surface area contributed by atoms with Gasteiger partial charge in [0.2, 0.25) is 0 Å². The van der Waals surface area contributed by atoms with Crippen LogP contribution in [-0.2, 0) is 4.79 Å². The van der Waals surface area contributed by atoms with E-state index < -0.39 is 6.03 Å². The number of imide groups is 1. The number of nitrogens with zero attached hydrogens (tertiary/aromatic N) is 1. The summed E-state index contributed by atoms with van der Waals surface area (Å²) in [6, 6.07) is 11.1. The van der Waals surface area contributed by atoms with E-state index in [4.69, 9.17) is 4.74 Å². The Bertz CT molecular complexity index is 855. The molecule has 0 atom stereocenters. The Morgan fingerprint density at radius 1 is 1.17 bits per heavy atom. The molecule has 1 aliphatic rings. The lowest BCUT2D eigenvalue weighted by molar-refractivity contribution is -0.122. The molecule has 2 aromatic rings. The van der Waals surface area contributed by atoms with Crippen LogP contribution in [0.3, 0.4) is 0 Å². The van der Waals surface area contributed by atoms with E-state index >= 15 is 0 Å². The molecule has 0 saturated carbocycles. The topological polar surface area (TPSA) is 58.6 Å². The number of fused-ring (bicyclic) bond motifs is 1. The predicted molar refractivity (Wildman–Crippen MR) is 93.5 cm³/mol. The molecule has 0 radical (unpaired) electrons. The molecule has 1 saturated heterocycles. The second-order valence-electron chi connectivity index (χ2n) is 5.32. The third kappa shape index (κ3) is 2.76. The van der Waals surface area contributed by atoms with Gasteiger partial charge in [-0.05, 0) is 30.0 Å². The fraction of sp³-hybridized carbons (Fsp3) is 0.158.